The Morgan fingerprint density at radius 1 is 1.14 bits per heavy atom. The fourth-order valence-electron chi connectivity index (χ4n) is 0.792. The van der Waals surface area contributed by atoms with Crippen LogP contribution in [-0.4, -0.2) is 69.0 Å². The molecule has 14 heavy (non-hydrogen) atoms. The zero-order valence-corrected chi connectivity index (χ0v) is 7.25. The van der Waals surface area contributed by atoms with Crippen LogP contribution in [0.1, 0.15) is 0 Å². The average Bonchev–Trinajstić information content (AvgIpc) is 2.23. The fourth-order valence-corrected chi connectivity index (χ4v) is 0.792. The molecule has 0 radical (unpaired) electrons. The average molecular weight is 212 g/mol. The van der Waals surface area contributed by atoms with Gasteiger partial charge in [0.05, 0.1) is 6.61 Å². The van der Waals surface area contributed by atoms with Gasteiger partial charge in [-0.2, -0.15) is 0 Å². The van der Waals surface area contributed by atoms with Crippen LogP contribution in [0.4, 0.5) is 4.39 Å². The summed E-state index contributed by atoms with van der Waals surface area (Å²) in [5.41, 5.74) is 0. The van der Waals surface area contributed by atoms with Gasteiger partial charge in [-0.25, -0.2) is 4.39 Å². The molecule has 0 saturated heterocycles. The number of rotatable bonds is 6. The second kappa shape index (κ2) is 5.99. The molecular formula is C7H13FO6. The van der Waals surface area contributed by atoms with E-state index in [0.717, 1.165) is 0 Å². The van der Waals surface area contributed by atoms with Crippen molar-refractivity contribution in [3.63, 3.8) is 0 Å². The molecule has 0 aliphatic rings. The van der Waals surface area contributed by atoms with Crippen LogP contribution >= 0.6 is 0 Å². The molecular weight excluding hydrogens is 199 g/mol. The van der Waals surface area contributed by atoms with E-state index >= 15 is 0 Å². The first-order valence-corrected chi connectivity index (χ1v) is 3.87. The third-order valence-corrected chi connectivity index (χ3v) is 1.72. The van der Waals surface area contributed by atoms with Crippen molar-refractivity contribution in [3.8, 4) is 0 Å². The van der Waals surface area contributed by atoms with Crippen molar-refractivity contribution < 1.29 is 34.7 Å². The summed E-state index contributed by atoms with van der Waals surface area (Å²) in [7, 11) is 0. The summed E-state index contributed by atoms with van der Waals surface area (Å²) in [5, 5.41) is 44.1. The third-order valence-electron chi connectivity index (χ3n) is 1.72. The molecule has 6 nitrogen and oxygen atoms in total. The molecule has 0 unspecified atom stereocenters. The highest BCUT2D eigenvalue weighted by molar-refractivity contribution is 5.84. The number of aliphatic hydroxyl groups is 5. The maximum atomic E-state index is 11.7. The molecule has 0 aromatic rings. The zero-order chi connectivity index (χ0) is 11.3. The Morgan fingerprint density at radius 3 is 2.00 bits per heavy atom. The van der Waals surface area contributed by atoms with Crippen molar-refractivity contribution in [2.24, 2.45) is 0 Å². The number of carbonyl (C=O) groups excluding carboxylic acids is 1. The van der Waals surface area contributed by atoms with E-state index in [1.807, 2.05) is 0 Å². The lowest BCUT2D eigenvalue weighted by Gasteiger charge is -2.24. The smallest absolute Gasteiger partial charge is 0.194 e. The Hall–Kier alpha value is -0.600. The number of hydrogen-bond acceptors (Lipinski definition) is 6. The highest BCUT2D eigenvalue weighted by atomic mass is 19.1. The Kier molecular flexibility index (Phi) is 5.73. The monoisotopic (exact) mass is 212 g/mol. The predicted molar refractivity (Wildman–Crippen MR) is 42.1 cm³/mol. The summed E-state index contributed by atoms with van der Waals surface area (Å²) < 4.78 is 11.7. The molecule has 0 heterocycles. The van der Waals surface area contributed by atoms with E-state index in [9.17, 15) is 9.18 Å². The normalized spacial score (nSPS) is 19.9. The first kappa shape index (κ1) is 13.4. The summed E-state index contributed by atoms with van der Waals surface area (Å²) in [4.78, 5) is 10.5. The Bertz CT molecular complexity index is 187. The number of ketones is 1. The minimum atomic E-state index is -2.11. The van der Waals surface area contributed by atoms with Crippen molar-refractivity contribution in [2.45, 2.75) is 24.4 Å². The molecule has 0 amide bonds. The number of aliphatic hydroxyl groups excluding tert-OH is 5. The first-order valence-electron chi connectivity index (χ1n) is 3.87. The molecule has 5 N–H and O–H groups in total. The largest absolute Gasteiger partial charge is 0.394 e. The summed E-state index contributed by atoms with van der Waals surface area (Å²) in [5.74, 6) is -1.30. The van der Waals surface area contributed by atoms with Gasteiger partial charge < -0.3 is 25.5 Å². The lowest BCUT2D eigenvalue weighted by Crippen LogP contribution is -2.49. The van der Waals surface area contributed by atoms with E-state index in [-0.39, 0.29) is 0 Å². The molecule has 0 saturated carbocycles. The van der Waals surface area contributed by atoms with E-state index < -0.39 is 43.5 Å². The SMILES string of the molecule is O=C(CF)[C@@H](O)[C@@H](O)[C@H](O)[C@H](O)CO. The Morgan fingerprint density at radius 2 is 1.64 bits per heavy atom. The fraction of sp³-hybridized carbons (Fsp3) is 0.857. The number of hydrogen-bond donors (Lipinski definition) is 5. The Labute approximate surface area is 79.2 Å². The topological polar surface area (TPSA) is 118 Å². The van der Waals surface area contributed by atoms with Gasteiger partial charge in [0.15, 0.2) is 12.5 Å². The summed E-state index contributed by atoms with van der Waals surface area (Å²) in [6, 6.07) is 0. The summed E-state index contributed by atoms with van der Waals surface area (Å²) >= 11 is 0. The maximum absolute atomic E-state index is 11.7. The highest BCUT2D eigenvalue weighted by Gasteiger charge is 2.33. The summed E-state index contributed by atoms with van der Waals surface area (Å²) in [6.07, 6.45) is -7.76. The van der Waals surface area contributed by atoms with Gasteiger partial charge in [0.1, 0.15) is 24.4 Å². The molecule has 0 aromatic carbocycles. The zero-order valence-electron chi connectivity index (χ0n) is 7.25. The number of Topliss-reactive ketones (excluding diaryl/α,β-unsaturated/α-hetero) is 1. The second-order valence-electron chi connectivity index (χ2n) is 2.78. The predicted octanol–water partition coefficient (Wildman–Crippen LogP) is -3.04. The number of carbonyl (C=O) groups is 1. The highest BCUT2D eigenvalue weighted by Crippen LogP contribution is 2.06. The van der Waals surface area contributed by atoms with Crippen molar-refractivity contribution >= 4 is 5.78 Å². The van der Waals surface area contributed by atoms with E-state index in [0.29, 0.717) is 0 Å². The van der Waals surface area contributed by atoms with Crippen molar-refractivity contribution in [3.05, 3.63) is 0 Å². The van der Waals surface area contributed by atoms with Gasteiger partial charge in [-0.05, 0) is 0 Å². The maximum Gasteiger partial charge on any atom is 0.194 e. The van der Waals surface area contributed by atoms with Gasteiger partial charge in [-0.15, -0.1) is 0 Å². The molecule has 7 heteroatoms. The van der Waals surface area contributed by atoms with Crippen molar-refractivity contribution in [2.75, 3.05) is 13.3 Å². The van der Waals surface area contributed by atoms with Crippen LogP contribution in [0.3, 0.4) is 0 Å². The lowest BCUT2D eigenvalue weighted by atomic mass is 10.0. The van der Waals surface area contributed by atoms with Gasteiger partial charge >= 0.3 is 0 Å². The second-order valence-corrected chi connectivity index (χ2v) is 2.78. The van der Waals surface area contributed by atoms with E-state index in [1.54, 1.807) is 0 Å². The van der Waals surface area contributed by atoms with E-state index in [4.69, 9.17) is 25.5 Å². The minimum absolute atomic E-state index is 0.852. The number of halogens is 1. The molecule has 0 spiro atoms. The Balaban J connectivity index is 4.30. The number of alkyl halides is 1. The van der Waals surface area contributed by atoms with Gasteiger partial charge in [0.2, 0.25) is 0 Å². The van der Waals surface area contributed by atoms with Gasteiger partial charge in [0, 0.05) is 0 Å². The molecule has 4 atom stereocenters. The molecule has 0 aliphatic carbocycles. The first-order chi connectivity index (χ1) is 6.45. The van der Waals surface area contributed by atoms with Gasteiger partial charge in [-0.1, -0.05) is 0 Å². The van der Waals surface area contributed by atoms with Crippen molar-refractivity contribution in [1.82, 2.24) is 0 Å². The van der Waals surface area contributed by atoms with Crippen LogP contribution in [-0.2, 0) is 4.79 Å². The molecule has 0 aromatic heterocycles. The molecule has 0 bridgehead atoms. The van der Waals surface area contributed by atoms with Crippen molar-refractivity contribution in [1.29, 1.82) is 0 Å². The molecule has 84 valence electrons. The van der Waals surface area contributed by atoms with Crippen LogP contribution < -0.4 is 0 Å². The van der Waals surface area contributed by atoms with Gasteiger partial charge in [0.25, 0.3) is 0 Å². The van der Waals surface area contributed by atoms with Crippen LogP contribution in [0.2, 0.25) is 0 Å². The van der Waals surface area contributed by atoms with Crippen LogP contribution in [0.25, 0.3) is 0 Å². The quantitative estimate of drug-likeness (QED) is 0.319. The molecule has 0 fully saturated rings. The molecule has 0 aliphatic heterocycles. The summed E-state index contributed by atoms with van der Waals surface area (Å²) in [6.45, 7) is -2.34. The molecule has 0 rings (SSSR count). The third kappa shape index (κ3) is 3.28. The standard InChI is InChI=1S/C7H13FO6/c8-1-3(10)5(12)7(14)6(13)4(11)2-9/h4-7,9,11-14H,1-2H2/t4-,5-,6-,7-/m1/s1. The van der Waals surface area contributed by atoms with Crippen LogP contribution in [0, 0.1) is 0 Å². The lowest BCUT2D eigenvalue weighted by molar-refractivity contribution is -0.147. The van der Waals surface area contributed by atoms with E-state index in [2.05, 4.69) is 0 Å². The minimum Gasteiger partial charge on any atom is -0.394 e. The van der Waals surface area contributed by atoms with Crippen LogP contribution in [0.5, 0.6) is 0 Å². The van der Waals surface area contributed by atoms with Gasteiger partial charge in [-0.3, -0.25) is 4.79 Å². The van der Waals surface area contributed by atoms with E-state index in [1.165, 1.54) is 0 Å². The van der Waals surface area contributed by atoms with Crippen LogP contribution in [0.15, 0.2) is 0 Å².